The fraction of sp³-hybridized carbons (Fsp3) is 0.533. The quantitative estimate of drug-likeness (QED) is 0.896. The van der Waals surface area contributed by atoms with Crippen molar-refractivity contribution in [2.24, 2.45) is 0 Å². The zero-order valence-electron chi connectivity index (χ0n) is 12.1. The molecule has 0 unspecified atom stereocenters. The number of hydrogen-bond acceptors (Lipinski definition) is 3. The average Bonchev–Trinajstić information content (AvgIpc) is 2.48. The predicted molar refractivity (Wildman–Crippen MR) is 82.7 cm³/mol. The molecule has 0 bridgehead atoms. The van der Waals surface area contributed by atoms with Gasteiger partial charge in [0.2, 0.25) is 0 Å². The highest BCUT2D eigenvalue weighted by Gasteiger charge is 2.27. The van der Waals surface area contributed by atoms with Crippen LogP contribution in [0.1, 0.15) is 23.2 Å². The monoisotopic (exact) mass is 358 g/mol. The Bertz CT molecular complexity index is 504. The number of aliphatic hydroxyl groups is 1. The van der Waals surface area contributed by atoms with Crippen molar-refractivity contribution >= 4 is 21.8 Å². The van der Waals surface area contributed by atoms with Crippen LogP contribution in [0.2, 0.25) is 0 Å². The molecule has 0 saturated carbocycles. The largest absolute Gasteiger partial charge is 0.395 e. The lowest BCUT2D eigenvalue weighted by atomic mass is 10.0. The lowest BCUT2D eigenvalue weighted by molar-refractivity contribution is 0.0540. The van der Waals surface area contributed by atoms with Gasteiger partial charge in [-0.1, -0.05) is 0 Å². The Labute approximate surface area is 132 Å². The summed E-state index contributed by atoms with van der Waals surface area (Å²) in [6.07, 6.45) is 1.79. The van der Waals surface area contributed by atoms with Gasteiger partial charge in [0.15, 0.2) is 0 Å². The molecule has 1 aliphatic heterocycles. The summed E-state index contributed by atoms with van der Waals surface area (Å²) in [5, 5.41) is 9.24. The highest BCUT2D eigenvalue weighted by molar-refractivity contribution is 9.10. The molecule has 1 aliphatic rings. The van der Waals surface area contributed by atoms with Crippen LogP contribution in [0, 0.1) is 5.82 Å². The molecule has 1 aromatic rings. The minimum atomic E-state index is -0.389. The second-order valence-corrected chi connectivity index (χ2v) is 6.24. The van der Waals surface area contributed by atoms with Crippen molar-refractivity contribution in [3.63, 3.8) is 0 Å². The van der Waals surface area contributed by atoms with E-state index in [1.54, 1.807) is 4.90 Å². The highest BCUT2D eigenvalue weighted by Crippen LogP contribution is 2.21. The predicted octanol–water partition coefficient (Wildman–Crippen LogP) is 2.12. The Hall–Kier alpha value is -0.980. The van der Waals surface area contributed by atoms with Gasteiger partial charge in [0, 0.05) is 18.2 Å². The third-order valence-electron chi connectivity index (χ3n) is 3.90. The molecule has 1 amide bonds. The summed E-state index contributed by atoms with van der Waals surface area (Å²) < 4.78 is 13.6. The summed E-state index contributed by atoms with van der Waals surface area (Å²) >= 11 is 3.10. The summed E-state index contributed by atoms with van der Waals surface area (Å²) in [6.45, 7) is 2.11. The molecule has 1 saturated heterocycles. The first-order valence-corrected chi connectivity index (χ1v) is 7.87. The molecule has 0 atom stereocenters. The van der Waals surface area contributed by atoms with E-state index in [2.05, 4.69) is 27.9 Å². The number of carbonyl (C=O) groups excluding carboxylic acids is 1. The number of rotatable bonds is 4. The second kappa shape index (κ2) is 7.33. The zero-order valence-corrected chi connectivity index (χ0v) is 13.6. The van der Waals surface area contributed by atoms with Gasteiger partial charge < -0.3 is 14.9 Å². The van der Waals surface area contributed by atoms with Crippen LogP contribution >= 0.6 is 15.9 Å². The molecule has 1 aromatic carbocycles. The van der Waals surface area contributed by atoms with E-state index < -0.39 is 0 Å². The first-order chi connectivity index (χ1) is 10.0. The smallest absolute Gasteiger partial charge is 0.254 e. The molecule has 1 fully saturated rings. The first-order valence-electron chi connectivity index (χ1n) is 7.08. The van der Waals surface area contributed by atoms with E-state index in [4.69, 9.17) is 0 Å². The van der Waals surface area contributed by atoms with Gasteiger partial charge in [0.25, 0.3) is 5.91 Å². The Morgan fingerprint density at radius 3 is 2.71 bits per heavy atom. The number of carbonyl (C=O) groups is 1. The fourth-order valence-corrected chi connectivity index (χ4v) is 3.04. The van der Waals surface area contributed by atoms with Crippen LogP contribution in [0.25, 0.3) is 0 Å². The van der Waals surface area contributed by atoms with Gasteiger partial charge in [-0.3, -0.25) is 4.79 Å². The Morgan fingerprint density at radius 1 is 1.48 bits per heavy atom. The van der Waals surface area contributed by atoms with Crippen LogP contribution in [0.3, 0.4) is 0 Å². The summed E-state index contributed by atoms with van der Waals surface area (Å²) in [5.74, 6) is -0.543. The van der Waals surface area contributed by atoms with Crippen molar-refractivity contribution in [1.29, 1.82) is 0 Å². The SMILES string of the molecule is CN1CCC(N(CCO)C(=O)c2ccc(F)c(Br)c2)CC1. The van der Waals surface area contributed by atoms with Crippen molar-refractivity contribution in [3.8, 4) is 0 Å². The van der Waals surface area contributed by atoms with Crippen molar-refractivity contribution in [3.05, 3.63) is 34.1 Å². The summed E-state index contributed by atoms with van der Waals surface area (Å²) in [5.41, 5.74) is 0.440. The van der Waals surface area contributed by atoms with E-state index in [9.17, 15) is 14.3 Å². The number of benzene rings is 1. The molecule has 4 nitrogen and oxygen atoms in total. The molecule has 0 radical (unpaired) electrons. The molecule has 0 spiro atoms. The number of aliphatic hydroxyl groups excluding tert-OH is 1. The van der Waals surface area contributed by atoms with E-state index in [0.29, 0.717) is 12.1 Å². The molecule has 6 heteroatoms. The molecule has 116 valence electrons. The molecule has 1 N–H and O–H groups in total. The van der Waals surface area contributed by atoms with Gasteiger partial charge in [-0.05, 0) is 67.1 Å². The molecule has 0 aliphatic carbocycles. The molecular weight excluding hydrogens is 339 g/mol. The summed E-state index contributed by atoms with van der Waals surface area (Å²) in [6, 6.07) is 4.40. The molecule has 21 heavy (non-hydrogen) atoms. The third kappa shape index (κ3) is 4.02. The minimum absolute atomic E-state index is 0.0690. The topological polar surface area (TPSA) is 43.8 Å². The van der Waals surface area contributed by atoms with Gasteiger partial charge in [0.05, 0.1) is 11.1 Å². The van der Waals surface area contributed by atoms with Gasteiger partial charge in [0.1, 0.15) is 5.82 Å². The average molecular weight is 359 g/mol. The van der Waals surface area contributed by atoms with Crippen LogP contribution < -0.4 is 0 Å². The second-order valence-electron chi connectivity index (χ2n) is 5.39. The minimum Gasteiger partial charge on any atom is -0.395 e. The number of hydrogen-bond donors (Lipinski definition) is 1. The van der Waals surface area contributed by atoms with E-state index in [1.807, 2.05) is 0 Å². The van der Waals surface area contributed by atoms with Gasteiger partial charge >= 0.3 is 0 Å². The van der Waals surface area contributed by atoms with Crippen molar-refractivity contribution in [2.45, 2.75) is 18.9 Å². The maximum atomic E-state index is 13.3. The number of likely N-dealkylation sites (tertiary alicyclic amines) is 1. The van der Waals surface area contributed by atoms with E-state index in [0.717, 1.165) is 25.9 Å². The van der Waals surface area contributed by atoms with Gasteiger partial charge in [-0.25, -0.2) is 4.39 Å². The Kier molecular flexibility index (Phi) is 5.72. The maximum absolute atomic E-state index is 13.3. The van der Waals surface area contributed by atoms with E-state index in [-0.39, 0.29) is 28.8 Å². The standard InChI is InChI=1S/C15H20BrFN2O2/c1-18-6-4-12(5-7-18)19(8-9-20)15(21)11-2-3-14(17)13(16)10-11/h2-3,10,12,20H,4-9H2,1H3. The van der Waals surface area contributed by atoms with Crippen LogP contribution in [0.5, 0.6) is 0 Å². The van der Waals surface area contributed by atoms with Crippen LogP contribution in [0.4, 0.5) is 4.39 Å². The molecule has 0 aromatic heterocycles. The van der Waals surface area contributed by atoms with E-state index in [1.165, 1.54) is 18.2 Å². The Balaban J connectivity index is 2.16. The molecule has 1 heterocycles. The maximum Gasteiger partial charge on any atom is 0.254 e. The summed E-state index contributed by atoms with van der Waals surface area (Å²) in [4.78, 5) is 16.6. The normalized spacial score (nSPS) is 17.0. The van der Waals surface area contributed by atoms with Crippen LogP contribution in [0.15, 0.2) is 22.7 Å². The molecule has 2 rings (SSSR count). The fourth-order valence-electron chi connectivity index (χ4n) is 2.66. The van der Waals surface area contributed by atoms with Crippen LogP contribution in [-0.2, 0) is 0 Å². The van der Waals surface area contributed by atoms with E-state index >= 15 is 0 Å². The number of piperidine rings is 1. The van der Waals surface area contributed by atoms with Gasteiger partial charge in [-0.2, -0.15) is 0 Å². The molecular formula is C15H20BrFN2O2. The number of amides is 1. The number of nitrogens with zero attached hydrogens (tertiary/aromatic N) is 2. The number of halogens is 2. The van der Waals surface area contributed by atoms with Crippen molar-refractivity contribution in [2.75, 3.05) is 33.3 Å². The lowest BCUT2D eigenvalue weighted by Gasteiger charge is -2.37. The lowest BCUT2D eigenvalue weighted by Crippen LogP contribution is -2.47. The first kappa shape index (κ1) is 16.4. The van der Waals surface area contributed by atoms with Crippen molar-refractivity contribution < 1.29 is 14.3 Å². The third-order valence-corrected chi connectivity index (χ3v) is 4.50. The zero-order chi connectivity index (χ0) is 15.4. The summed E-state index contributed by atoms with van der Waals surface area (Å²) in [7, 11) is 2.06. The van der Waals surface area contributed by atoms with Crippen LogP contribution in [-0.4, -0.2) is 60.1 Å². The van der Waals surface area contributed by atoms with Gasteiger partial charge in [-0.15, -0.1) is 0 Å². The highest BCUT2D eigenvalue weighted by atomic mass is 79.9. The van der Waals surface area contributed by atoms with Crippen molar-refractivity contribution in [1.82, 2.24) is 9.80 Å². The Morgan fingerprint density at radius 2 is 2.14 bits per heavy atom.